The third-order valence-electron chi connectivity index (χ3n) is 3.53. The second-order valence-corrected chi connectivity index (χ2v) is 5.53. The van der Waals surface area contributed by atoms with Crippen LogP contribution in [0, 0.1) is 5.92 Å². The van der Waals surface area contributed by atoms with E-state index in [0.717, 1.165) is 11.4 Å². The van der Waals surface area contributed by atoms with Crippen LogP contribution in [0.1, 0.15) is 20.3 Å². The number of hydrogen-bond acceptors (Lipinski definition) is 4. The Morgan fingerprint density at radius 1 is 1.41 bits per heavy atom. The highest BCUT2D eigenvalue weighted by Crippen LogP contribution is 2.19. The van der Waals surface area contributed by atoms with Gasteiger partial charge in [0.2, 0.25) is 6.10 Å². The summed E-state index contributed by atoms with van der Waals surface area (Å²) in [6, 6.07) is 9.35. The van der Waals surface area contributed by atoms with Crippen molar-refractivity contribution >= 4 is 17.3 Å². The lowest BCUT2D eigenvalue weighted by molar-refractivity contribution is -0.125. The van der Waals surface area contributed by atoms with Gasteiger partial charge in [-0.1, -0.05) is 25.1 Å². The van der Waals surface area contributed by atoms with Crippen molar-refractivity contribution in [1.82, 2.24) is 9.78 Å². The lowest BCUT2D eigenvalue weighted by Gasteiger charge is -2.11. The van der Waals surface area contributed by atoms with Crippen molar-refractivity contribution in [2.45, 2.75) is 26.4 Å². The number of benzene rings is 1. The zero-order valence-corrected chi connectivity index (χ0v) is 12.6. The molecule has 2 aromatic rings. The van der Waals surface area contributed by atoms with Gasteiger partial charge in [-0.3, -0.25) is 4.79 Å². The van der Waals surface area contributed by atoms with Crippen LogP contribution >= 0.6 is 0 Å². The van der Waals surface area contributed by atoms with Crippen LogP contribution in [-0.2, 0) is 9.63 Å². The van der Waals surface area contributed by atoms with E-state index in [1.54, 1.807) is 10.9 Å². The molecule has 114 valence electrons. The average Bonchev–Trinajstić information content (AvgIpc) is 3.19. The van der Waals surface area contributed by atoms with E-state index in [2.05, 4.69) is 15.6 Å². The molecule has 2 heterocycles. The molecule has 1 aromatic carbocycles. The molecule has 6 nitrogen and oxygen atoms in total. The highest BCUT2D eigenvalue weighted by Gasteiger charge is 2.29. The molecule has 0 spiro atoms. The van der Waals surface area contributed by atoms with Crippen molar-refractivity contribution in [3.05, 3.63) is 42.7 Å². The number of carbonyl (C=O) groups is 1. The Morgan fingerprint density at radius 3 is 2.95 bits per heavy atom. The van der Waals surface area contributed by atoms with Crippen molar-refractivity contribution in [3.63, 3.8) is 0 Å². The molecule has 22 heavy (non-hydrogen) atoms. The summed E-state index contributed by atoms with van der Waals surface area (Å²) in [5.41, 5.74) is 2.51. The molecule has 1 N–H and O–H groups in total. The summed E-state index contributed by atoms with van der Waals surface area (Å²) in [5.74, 6) is 0.109. The molecule has 1 aliphatic heterocycles. The lowest BCUT2D eigenvalue weighted by Crippen LogP contribution is -2.28. The maximum atomic E-state index is 12.2. The summed E-state index contributed by atoms with van der Waals surface area (Å²) in [5, 5.41) is 11.0. The topological polar surface area (TPSA) is 68.5 Å². The first-order valence-electron chi connectivity index (χ1n) is 7.27. The number of amides is 1. The fourth-order valence-corrected chi connectivity index (χ4v) is 2.25. The summed E-state index contributed by atoms with van der Waals surface area (Å²) >= 11 is 0. The molecule has 1 aliphatic rings. The molecule has 0 bridgehead atoms. The van der Waals surface area contributed by atoms with Gasteiger partial charge in [-0.25, -0.2) is 4.68 Å². The van der Waals surface area contributed by atoms with Gasteiger partial charge in [0.05, 0.1) is 11.4 Å². The molecule has 1 amide bonds. The minimum absolute atomic E-state index is 0.183. The minimum atomic E-state index is -0.550. The van der Waals surface area contributed by atoms with Gasteiger partial charge in [0.15, 0.2) is 0 Å². The highest BCUT2D eigenvalue weighted by molar-refractivity contribution is 5.99. The van der Waals surface area contributed by atoms with Crippen molar-refractivity contribution in [1.29, 1.82) is 0 Å². The van der Waals surface area contributed by atoms with Gasteiger partial charge in [0.25, 0.3) is 5.91 Å². The normalized spacial score (nSPS) is 17.2. The second-order valence-electron chi connectivity index (χ2n) is 5.53. The number of rotatable bonds is 4. The van der Waals surface area contributed by atoms with E-state index in [1.165, 1.54) is 0 Å². The van der Waals surface area contributed by atoms with Crippen LogP contribution in [0.15, 0.2) is 47.9 Å². The van der Waals surface area contributed by atoms with Crippen LogP contribution in [0.4, 0.5) is 5.69 Å². The first-order valence-corrected chi connectivity index (χ1v) is 7.27. The number of aromatic nitrogens is 2. The Hall–Kier alpha value is -2.63. The molecule has 0 aliphatic carbocycles. The molecule has 0 fully saturated rings. The lowest BCUT2D eigenvalue weighted by atomic mass is 10.0. The summed E-state index contributed by atoms with van der Waals surface area (Å²) < 4.78 is 1.74. The number of oxime groups is 1. The number of nitrogens with one attached hydrogen (secondary N) is 1. The molecule has 3 rings (SSSR count). The zero-order valence-electron chi connectivity index (χ0n) is 12.6. The van der Waals surface area contributed by atoms with E-state index in [0.29, 0.717) is 18.0 Å². The van der Waals surface area contributed by atoms with Crippen LogP contribution in [0.3, 0.4) is 0 Å². The van der Waals surface area contributed by atoms with Crippen LogP contribution in [0.2, 0.25) is 0 Å². The number of nitrogens with zero attached hydrogens (tertiary/aromatic N) is 3. The van der Waals surface area contributed by atoms with Crippen LogP contribution in [-0.4, -0.2) is 27.5 Å². The highest BCUT2D eigenvalue weighted by atomic mass is 16.6. The maximum absolute atomic E-state index is 12.2. The summed E-state index contributed by atoms with van der Waals surface area (Å²) in [6.07, 6.45) is 3.56. The monoisotopic (exact) mass is 298 g/mol. The van der Waals surface area contributed by atoms with Gasteiger partial charge in [-0.2, -0.15) is 5.10 Å². The van der Waals surface area contributed by atoms with E-state index in [4.69, 9.17) is 4.84 Å². The molecule has 1 aromatic heterocycles. The van der Waals surface area contributed by atoms with Gasteiger partial charge in [-0.05, 0) is 30.2 Å². The molecular formula is C16H18N4O2. The third kappa shape index (κ3) is 3.00. The van der Waals surface area contributed by atoms with Crippen LogP contribution < -0.4 is 5.32 Å². The van der Waals surface area contributed by atoms with E-state index in [-0.39, 0.29) is 5.91 Å². The van der Waals surface area contributed by atoms with Gasteiger partial charge in [0.1, 0.15) is 0 Å². The van der Waals surface area contributed by atoms with Gasteiger partial charge in [-0.15, -0.1) is 0 Å². The molecule has 0 saturated carbocycles. The van der Waals surface area contributed by atoms with Crippen LogP contribution in [0.5, 0.6) is 0 Å². The molecular weight excluding hydrogens is 280 g/mol. The smallest absolute Gasteiger partial charge is 0.268 e. The van der Waals surface area contributed by atoms with Crippen molar-refractivity contribution < 1.29 is 9.63 Å². The van der Waals surface area contributed by atoms with Crippen LogP contribution in [0.25, 0.3) is 5.69 Å². The number of carbonyl (C=O) groups excluding carboxylic acids is 1. The predicted molar refractivity (Wildman–Crippen MR) is 84.0 cm³/mol. The van der Waals surface area contributed by atoms with E-state index in [9.17, 15) is 4.79 Å². The molecule has 6 heteroatoms. The standard InChI is InChI=1S/C16H18N4O2/c1-11(2)14-10-15(22-19-14)16(21)18-12-5-3-6-13(9-12)20-8-4-7-17-20/h3-9,11,15H,10H2,1-2H3,(H,18,21). The Labute approximate surface area is 128 Å². The molecule has 1 unspecified atom stereocenters. The zero-order chi connectivity index (χ0) is 15.5. The first kappa shape index (κ1) is 14.3. The third-order valence-corrected chi connectivity index (χ3v) is 3.53. The fourth-order valence-electron chi connectivity index (χ4n) is 2.25. The van der Waals surface area contributed by atoms with E-state index >= 15 is 0 Å². The SMILES string of the molecule is CC(C)C1=NOC(C(=O)Nc2cccc(-n3cccn3)c2)C1. The van der Waals surface area contributed by atoms with E-state index in [1.807, 2.05) is 50.4 Å². The van der Waals surface area contributed by atoms with Crippen molar-refractivity contribution in [2.75, 3.05) is 5.32 Å². The molecule has 0 radical (unpaired) electrons. The van der Waals surface area contributed by atoms with Crippen molar-refractivity contribution in [2.24, 2.45) is 11.1 Å². The molecule has 1 atom stereocenters. The Bertz CT molecular complexity index is 692. The Balaban J connectivity index is 1.67. The largest absolute Gasteiger partial charge is 0.382 e. The van der Waals surface area contributed by atoms with Gasteiger partial charge < -0.3 is 10.2 Å². The fraction of sp³-hybridized carbons (Fsp3) is 0.312. The Kier molecular flexibility index (Phi) is 3.91. The molecule has 0 saturated heterocycles. The average molecular weight is 298 g/mol. The Morgan fingerprint density at radius 2 is 2.27 bits per heavy atom. The number of hydrogen-bond donors (Lipinski definition) is 1. The first-order chi connectivity index (χ1) is 10.6. The summed E-state index contributed by atoms with van der Waals surface area (Å²) in [6.45, 7) is 4.08. The second kappa shape index (κ2) is 6.01. The van der Waals surface area contributed by atoms with Gasteiger partial charge in [0, 0.05) is 24.5 Å². The maximum Gasteiger partial charge on any atom is 0.268 e. The summed E-state index contributed by atoms with van der Waals surface area (Å²) in [4.78, 5) is 17.5. The minimum Gasteiger partial charge on any atom is -0.382 e. The number of anilines is 1. The quantitative estimate of drug-likeness (QED) is 0.943. The van der Waals surface area contributed by atoms with Crippen molar-refractivity contribution in [3.8, 4) is 5.69 Å². The summed E-state index contributed by atoms with van der Waals surface area (Å²) in [7, 11) is 0. The van der Waals surface area contributed by atoms with E-state index < -0.39 is 6.10 Å². The predicted octanol–water partition coefficient (Wildman–Crippen LogP) is 2.61. The van der Waals surface area contributed by atoms with Gasteiger partial charge >= 0.3 is 0 Å².